The standard InChI is InChI=1S/C14H26O3/c1-6-15-12(4)16-10-13-14(5,17-13)9-7-8-11(2)3/h8,12-13H,6-7,9-10H2,1-5H3/t12?,13-,14+/m0/s1. The maximum absolute atomic E-state index is 5.71. The number of rotatable bonds is 8. The Balaban J connectivity index is 2.16. The molecule has 1 unspecified atom stereocenters. The van der Waals surface area contributed by atoms with Gasteiger partial charge in [-0.1, -0.05) is 11.6 Å². The van der Waals surface area contributed by atoms with Gasteiger partial charge in [0, 0.05) is 6.61 Å². The summed E-state index contributed by atoms with van der Waals surface area (Å²) in [6.45, 7) is 11.6. The van der Waals surface area contributed by atoms with Gasteiger partial charge >= 0.3 is 0 Å². The third-order valence-corrected chi connectivity index (χ3v) is 3.11. The highest BCUT2D eigenvalue weighted by Crippen LogP contribution is 2.40. The molecule has 0 bridgehead atoms. The normalized spacial score (nSPS) is 28.9. The Morgan fingerprint density at radius 3 is 2.71 bits per heavy atom. The van der Waals surface area contributed by atoms with Crippen LogP contribution in [-0.2, 0) is 14.2 Å². The highest BCUT2D eigenvalue weighted by Gasteiger charge is 2.51. The fourth-order valence-electron chi connectivity index (χ4n) is 1.87. The van der Waals surface area contributed by atoms with Crippen molar-refractivity contribution in [2.45, 2.75) is 65.5 Å². The molecule has 1 saturated heterocycles. The Kier molecular flexibility index (Phi) is 5.63. The molecule has 0 aliphatic carbocycles. The van der Waals surface area contributed by atoms with Gasteiger partial charge in [-0.05, 0) is 47.5 Å². The molecule has 1 rings (SSSR count). The summed E-state index contributed by atoms with van der Waals surface area (Å²) in [7, 11) is 0. The monoisotopic (exact) mass is 242 g/mol. The largest absolute Gasteiger partial charge is 0.364 e. The van der Waals surface area contributed by atoms with Crippen LogP contribution in [0.15, 0.2) is 11.6 Å². The van der Waals surface area contributed by atoms with Crippen LogP contribution in [0, 0.1) is 0 Å². The summed E-state index contributed by atoms with van der Waals surface area (Å²) in [5.74, 6) is 0. The first-order valence-electron chi connectivity index (χ1n) is 6.52. The molecule has 0 radical (unpaired) electrons. The third kappa shape index (κ3) is 5.19. The third-order valence-electron chi connectivity index (χ3n) is 3.11. The van der Waals surface area contributed by atoms with Crippen LogP contribution in [-0.4, -0.2) is 31.2 Å². The minimum atomic E-state index is -0.133. The lowest BCUT2D eigenvalue weighted by molar-refractivity contribution is -0.129. The summed E-state index contributed by atoms with van der Waals surface area (Å²) in [4.78, 5) is 0. The quantitative estimate of drug-likeness (QED) is 0.372. The van der Waals surface area contributed by atoms with Crippen molar-refractivity contribution in [3.05, 3.63) is 11.6 Å². The molecule has 1 aliphatic heterocycles. The van der Waals surface area contributed by atoms with Crippen molar-refractivity contribution in [1.29, 1.82) is 0 Å². The summed E-state index contributed by atoms with van der Waals surface area (Å²) in [6, 6.07) is 0. The van der Waals surface area contributed by atoms with Gasteiger partial charge in [-0.3, -0.25) is 0 Å². The first-order valence-corrected chi connectivity index (χ1v) is 6.52. The predicted octanol–water partition coefficient (Wildman–Crippen LogP) is 3.29. The lowest BCUT2D eigenvalue weighted by atomic mass is 10.0. The average Bonchev–Trinajstić information content (AvgIpc) is 2.87. The molecule has 0 amide bonds. The van der Waals surface area contributed by atoms with E-state index in [1.165, 1.54) is 5.57 Å². The van der Waals surface area contributed by atoms with Crippen molar-refractivity contribution in [3.63, 3.8) is 0 Å². The second-order valence-electron chi connectivity index (χ2n) is 5.10. The highest BCUT2D eigenvalue weighted by molar-refractivity contribution is 5.02. The van der Waals surface area contributed by atoms with Crippen LogP contribution in [0.5, 0.6) is 0 Å². The summed E-state index contributed by atoms with van der Waals surface area (Å²) < 4.78 is 16.6. The number of allylic oxidation sites excluding steroid dienone is 2. The summed E-state index contributed by atoms with van der Waals surface area (Å²) in [6.07, 6.45) is 4.50. The zero-order valence-electron chi connectivity index (χ0n) is 11.8. The van der Waals surface area contributed by atoms with Gasteiger partial charge in [0.15, 0.2) is 6.29 Å². The van der Waals surface area contributed by atoms with E-state index < -0.39 is 0 Å². The van der Waals surface area contributed by atoms with Crippen molar-refractivity contribution in [2.75, 3.05) is 13.2 Å². The van der Waals surface area contributed by atoms with Gasteiger partial charge in [0.05, 0.1) is 12.2 Å². The van der Waals surface area contributed by atoms with Crippen LogP contribution in [0.1, 0.15) is 47.5 Å². The molecule has 0 aromatic heterocycles. The van der Waals surface area contributed by atoms with Crippen molar-refractivity contribution >= 4 is 0 Å². The van der Waals surface area contributed by atoms with Crippen molar-refractivity contribution in [1.82, 2.24) is 0 Å². The molecule has 1 aliphatic rings. The van der Waals surface area contributed by atoms with Gasteiger partial charge < -0.3 is 14.2 Å². The topological polar surface area (TPSA) is 31.0 Å². The van der Waals surface area contributed by atoms with Gasteiger partial charge in [-0.2, -0.15) is 0 Å². The maximum atomic E-state index is 5.71. The number of epoxide rings is 1. The molecule has 0 N–H and O–H groups in total. The second kappa shape index (κ2) is 6.53. The molecule has 0 aromatic carbocycles. The molecular formula is C14H26O3. The van der Waals surface area contributed by atoms with Crippen molar-refractivity contribution in [2.24, 2.45) is 0 Å². The number of hydrogen-bond donors (Lipinski definition) is 0. The molecule has 17 heavy (non-hydrogen) atoms. The second-order valence-corrected chi connectivity index (χ2v) is 5.10. The van der Waals surface area contributed by atoms with Gasteiger partial charge in [0.25, 0.3) is 0 Å². The van der Waals surface area contributed by atoms with E-state index in [2.05, 4.69) is 26.8 Å². The minimum Gasteiger partial charge on any atom is -0.364 e. The molecule has 1 heterocycles. The summed E-state index contributed by atoms with van der Waals surface area (Å²) >= 11 is 0. The van der Waals surface area contributed by atoms with E-state index in [-0.39, 0.29) is 18.0 Å². The molecule has 3 heteroatoms. The molecule has 100 valence electrons. The minimum absolute atomic E-state index is 0.0118. The summed E-state index contributed by atoms with van der Waals surface area (Å²) in [5.41, 5.74) is 1.38. The van der Waals surface area contributed by atoms with E-state index >= 15 is 0 Å². The Bertz CT molecular complexity index is 258. The van der Waals surface area contributed by atoms with E-state index in [0.29, 0.717) is 13.2 Å². The average molecular weight is 242 g/mol. The molecule has 3 nitrogen and oxygen atoms in total. The van der Waals surface area contributed by atoms with Crippen LogP contribution in [0.2, 0.25) is 0 Å². The number of hydrogen-bond acceptors (Lipinski definition) is 3. The van der Waals surface area contributed by atoms with Crippen LogP contribution in [0.4, 0.5) is 0 Å². The smallest absolute Gasteiger partial charge is 0.154 e. The van der Waals surface area contributed by atoms with E-state index in [9.17, 15) is 0 Å². The molecule has 3 atom stereocenters. The van der Waals surface area contributed by atoms with Crippen molar-refractivity contribution in [3.8, 4) is 0 Å². The van der Waals surface area contributed by atoms with Gasteiger partial charge in [-0.25, -0.2) is 0 Å². The van der Waals surface area contributed by atoms with E-state index in [1.54, 1.807) is 0 Å². The van der Waals surface area contributed by atoms with E-state index in [4.69, 9.17) is 14.2 Å². The Morgan fingerprint density at radius 1 is 1.41 bits per heavy atom. The molecule has 0 spiro atoms. The van der Waals surface area contributed by atoms with Crippen LogP contribution in [0.3, 0.4) is 0 Å². The lowest BCUT2D eigenvalue weighted by Gasteiger charge is -2.12. The first kappa shape index (κ1) is 14.7. The zero-order valence-corrected chi connectivity index (χ0v) is 11.8. The highest BCUT2D eigenvalue weighted by atomic mass is 16.7. The fourth-order valence-corrected chi connectivity index (χ4v) is 1.87. The molecular weight excluding hydrogens is 216 g/mol. The van der Waals surface area contributed by atoms with Gasteiger partial charge in [0.2, 0.25) is 0 Å². The van der Waals surface area contributed by atoms with Gasteiger partial charge in [-0.15, -0.1) is 0 Å². The maximum Gasteiger partial charge on any atom is 0.154 e. The SMILES string of the molecule is CCOC(C)OC[C@@H]1O[C@]1(C)CCC=C(C)C. The predicted molar refractivity (Wildman–Crippen MR) is 69.0 cm³/mol. The van der Waals surface area contributed by atoms with Crippen LogP contribution < -0.4 is 0 Å². The Hall–Kier alpha value is -0.380. The van der Waals surface area contributed by atoms with Crippen molar-refractivity contribution < 1.29 is 14.2 Å². The molecule has 1 fully saturated rings. The molecule has 0 saturated carbocycles. The number of ether oxygens (including phenoxy) is 3. The lowest BCUT2D eigenvalue weighted by Crippen LogP contribution is -2.20. The Labute approximate surface area is 105 Å². The van der Waals surface area contributed by atoms with Gasteiger partial charge in [0.1, 0.15) is 6.10 Å². The van der Waals surface area contributed by atoms with Crippen LogP contribution in [0.25, 0.3) is 0 Å². The fraction of sp³-hybridized carbons (Fsp3) is 0.857. The zero-order chi connectivity index (χ0) is 12.9. The Morgan fingerprint density at radius 2 is 2.12 bits per heavy atom. The van der Waals surface area contributed by atoms with E-state index in [1.807, 2.05) is 13.8 Å². The first-order chi connectivity index (χ1) is 7.98. The van der Waals surface area contributed by atoms with Crippen LogP contribution >= 0.6 is 0 Å². The molecule has 0 aromatic rings. The summed E-state index contributed by atoms with van der Waals surface area (Å²) in [5, 5.41) is 0. The van der Waals surface area contributed by atoms with E-state index in [0.717, 1.165) is 12.8 Å².